The first kappa shape index (κ1) is 23.3. The quantitative estimate of drug-likeness (QED) is 0.269. The Kier molecular flexibility index (Phi) is 5.96. The molecule has 2 aromatic heterocycles. The van der Waals surface area contributed by atoms with Gasteiger partial charge >= 0.3 is 0 Å². The van der Waals surface area contributed by atoms with Gasteiger partial charge in [0.2, 0.25) is 0 Å². The van der Waals surface area contributed by atoms with Crippen molar-refractivity contribution in [1.82, 2.24) is 19.7 Å². The maximum Gasteiger partial charge on any atom is 0.278 e. The first-order chi connectivity index (χ1) is 16.7. The molecule has 0 atom stereocenters. The van der Waals surface area contributed by atoms with Gasteiger partial charge < -0.3 is 4.52 Å². The number of hydrogen-bond donors (Lipinski definition) is 0. The summed E-state index contributed by atoms with van der Waals surface area (Å²) in [6.07, 6.45) is 2.97. The SMILES string of the molecule is Cc1noc(-c2cn(-c3ccc(-c4cccc(S(C)(=O)=O)c4)cc3)c(-c3c(Cl)cccc3Cl)n2)n1. The fraction of sp³-hybridized carbons (Fsp3) is 0.0800. The molecule has 7 nitrogen and oxygen atoms in total. The smallest absolute Gasteiger partial charge is 0.278 e. The number of aryl methyl sites for hydroxylation is 1. The maximum atomic E-state index is 12.0. The summed E-state index contributed by atoms with van der Waals surface area (Å²) in [6.45, 7) is 1.73. The molecule has 3 aromatic carbocycles. The first-order valence-electron chi connectivity index (χ1n) is 10.5. The van der Waals surface area contributed by atoms with E-state index in [1.54, 1.807) is 49.5 Å². The molecule has 0 fully saturated rings. The minimum Gasteiger partial charge on any atom is -0.332 e. The van der Waals surface area contributed by atoms with Crippen LogP contribution < -0.4 is 0 Å². The van der Waals surface area contributed by atoms with Crippen molar-refractivity contribution in [2.24, 2.45) is 0 Å². The highest BCUT2D eigenvalue weighted by Crippen LogP contribution is 2.37. The standard InChI is InChI=1S/C25H18Cl2N4O3S/c1-15-28-25(34-30-15)22-14-31(24(29-22)23-20(26)7-4-8-21(23)27)18-11-9-16(10-12-18)17-5-3-6-19(13-17)35(2,32)33/h3-14H,1-2H3. The van der Waals surface area contributed by atoms with Gasteiger partial charge in [-0.1, -0.05) is 58.7 Å². The summed E-state index contributed by atoms with van der Waals surface area (Å²) < 4.78 is 31.1. The first-order valence-corrected chi connectivity index (χ1v) is 13.1. The molecule has 0 saturated carbocycles. The average Bonchev–Trinajstić information content (AvgIpc) is 3.45. The van der Waals surface area contributed by atoms with Gasteiger partial charge in [0.15, 0.2) is 15.7 Å². The second-order valence-electron chi connectivity index (χ2n) is 7.91. The molecule has 5 rings (SSSR count). The highest BCUT2D eigenvalue weighted by atomic mass is 35.5. The average molecular weight is 525 g/mol. The van der Waals surface area contributed by atoms with E-state index < -0.39 is 9.84 Å². The fourth-order valence-electron chi connectivity index (χ4n) is 3.69. The Balaban J connectivity index is 1.62. The number of imidazole rings is 1. The van der Waals surface area contributed by atoms with E-state index in [0.717, 1.165) is 16.8 Å². The second-order valence-corrected chi connectivity index (χ2v) is 10.7. The van der Waals surface area contributed by atoms with Crippen LogP contribution in [-0.4, -0.2) is 34.4 Å². The summed E-state index contributed by atoms with van der Waals surface area (Å²) in [5.41, 5.74) is 3.49. The molecule has 35 heavy (non-hydrogen) atoms. The van der Waals surface area contributed by atoms with Crippen LogP contribution in [0.3, 0.4) is 0 Å². The van der Waals surface area contributed by atoms with E-state index in [2.05, 4.69) is 10.1 Å². The molecule has 5 aromatic rings. The van der Waals surface area contributed by atoms with Gasteiger partial charge in [-0.2, -0.15) is 4.98 Å². The Hall–Kier alpha value is -3.46. The summed E-state index contributed by atoms with van der Waals surface area (Å²) >= 11 is 13.0. The monoisotopic (exact) mass is 524 g/mol. The van der Waals surface area contributed by atoms with Crippen LogP contribution in [0.1, 0.15) is 5.82 Å². The van der Waals surface area contributed by atoms with E-state index >= 15 is 0 Å². The van der Waals surface area contributed by atoms with Gasteiger partial charge in [0.1, 0.15) is 11.5 Å². The minimum atomic E-state index is -3.31. The van der Waals surface area contributed by atoms with Crippen molar-refractivity contribution in [2.75, 3.05) is 6.26 Å². The summed E-state index contributed by atoms with van der Waals surface area (Å²) in [5.74, 6) is 1.28. The maximum absolute atomic E-state index is 12.0. The number of aromatic nitrogens is 4. The minimum absolute atomic E-state index is 0.267. The Labute approximate surface area is 211 Å². The number of sulfone groups is 1. The van der Waals surface area contributed by atoms with Gasteiger partial charge in [-0.25, -0.2) is 13.4 Å². The van der Waals surface area contributed by atoms with Crippen molar-refractivity contribution in [3.05, 3.63) is 88.8 Å². The van der Waals surface area contributed by atoms with E-state index in [1.165, 1.54) is 6.26 Å². The van der Waals surface area contributed by atoms with Crippen LogP contribution >= 0.6 is 23.2 Å². The van der Waals surface area contributed by atoms with Crippen molar-refractivity contribution >= 4 is 33.0 Å². The van der Waals surface area contributed by atoms with Gasteiger partial charge in [0.25, 0.3) is 5.89 Å². The van der Waals surface area contributed by atoms with Crippen molar-refractivity contribution in [2.45, 2.75) is 11.8 Å². The van der Waals surface area contributed by atoms with Crippen LogP contribution in [-0.2, 0) is 9.84 Å². The molecule has 2 heterocycles. The molecule has 0 aliphatic heterocycles. The van der Waals surface area contributed by atoms with Gasteiger partial charge in [-0.05, 0) is 54.4 Å². The number of hydrogen-bond acceptors (Lipinski definition) is 6. The molecular formula is C25H18Cl2N4O3S. The van der Waals surface area contributed by atoms with Crippen LogP contribution in [0.4, 0.5) is 0 Å². The van der Waals surface area contributed by atoms with Gasteiger partial charge in [0.05, 0.1) is 20.5 Å². The molecular weight excluding hydrogens is 507 g/mol. The fourth-order valence-corrected chi connectivity index (χ4v) is 4.92. The molecule has 0 unspecified atom stereocenters. The summed E-state index contributed by atoms with van der Waals surface area (Å²) in [7, 11) is -3.31. The lowest BCUT2D eigenvalue weighted by molar-refractivity contribution is 0.424. The highest BCUT2D eigenvalue weighted by molar-refractivity contribution is 7.90. The Morgan fingerprint density at radius 2 is 1.57 bits per heavy atom. The molecule has 0 aliphatic rings. The van der Waals surface area contributed by atoms with Crippen molar-refractivity contribution < 1.29 is 12.9 Å². The summed E-state index contributed by atoms with van der Waals surface area (Å²) in [5, 5.41) is 4.75. The molecule has 0 aliphatic carbocycles. The molecule has 0 radical (unpaired) electrons. The molecule has 0 spiro atoms. The number of benzene rings is 3. The lowest BCUT2D eigenvalue weighted by Gasteiger charge is -2.11. The third kappa shape index (κ3) is 4.60. The topological polar surface area (TPSA) is 90.9 Å². The zero-order valence-electron chi connectivity index (χ0n) is 18.6. The van der Waals surface area contributed by atoms with E-state index in [9.17, 15) is 8.42 Å². The Morgan fingerprint density at radius 1 is 0.886 bits per heavy atom. The van der Waals surface area contributed by atoms with Crippen LogP contribution in [0, 0.1) is 6.92 Å². The third-order valence-electron chi connectivity index (χ3n) is 5.38. The largest absolute Gasteiger partial charge is 0.332 e. The van der Waals surface area contributed by atoms with E-state index in [0.29, 0.717) is 33.0 Å². The molecule has 0 amide bonds. The lowest BCUT2D eigenvalue weighted by atomic mass is 10.1. The van der Waals surface area contributed by atoms with Gasteiger partial charge in [-0.15, -0.1) is 0 Å². The summed E-state index contributed by atoms with van der Waals surface area (Å²) in [6, 6.07) is 19.7. The van der Waals surface area contributed by atoms with Gasteiger partial charge in [0, 0.05) is 18.1 Å². The van der Waals surface area contributed by atoms with Crippen molar-refractivity contribution in [1.29, 1.82) is 0 Å². The van der Waals surface area contributed by atoms with Crippen molar-refractivity contribution in [3.63, 3.8) is 0 Å². The van der Waals surface area contributed by atoms with Crippen molar-refractivity contribution in [3.8, 4) is 39.8 Å². The second kappa shape index (κ2) is 8.96. The Bertz CT molecular complexity index is 1640. The normalized spacial score (nSPS) is 11.7. The van der Waals surface area contributed by atoms with E-state index in [4.69, 9.17) is 32.7 Å². The number of nitrogens with zero attached hydrogens (tertiary/aromatic N) is 4. The van der Waals surface area contributed by atoms with Crippen LogP contribution in [0.25, 0.3) is 39.8 Å². The van der Waals surface area contributed by atoms with E-state index in [1.807, 2.05) is 34.9 Å². The predicted molar refractivity (Wildman–Crippen MR) is 136 cm³/mol. The van der Waals surface area contributed by atoms with Gasteiger partial charge in [-0.3, -0.25) is 4.57 Å². The highest BCUT2D eigenvalue weighted by Gasteiger charge is 2.21. The number of rotatable bonds is 5. The third-order valence-corrected chi connectivity index (χ3v) is 7.12. The molecule has 0 bridgehead atoms. The van der Waals surface area contributed by atoms with E-state index in [-0.39, 0.29) is 10.8 Å². The zero-order chi connectivity index (χ0) is 24.7. The number of halogens is 2. The zero-order valence-corrected chi connectivity index (χ0v) is 20.9. The predicted octanol–water partition coefficient (Wildman–Crippen LogP) is 6.28. The molecule has 0 N–H and O–H groups in total. The summed E-state index contributed by atoms with van der Waals surface area (Å²) in [4.78, 5) is 9.26. The van der Waals surface area contributed by atoms with Crippen LogP contribution in [0.5, 0.6) is 0 Å². The molecule has 10 heteroatoms. The van der Waals surface area contributed by atoms with Crippen LogP contribution in [0.2, 0.25) is 10.0 Å². The Morgan fingerprint density at radius 3 is 2.20 bits per heavy atom. The van der Waals surface area contributed by atoms with Crippen LogP contribution in [0.15, 0.2) is 82.3 Å². The molecule has 0 saturated heterocycles. The molecule has 176 valence electrons. The lowest BCUT2D eigenvalue weighted by Crippen LogP contribution is -1.98.